The third-order valence-corrected chi connectivity index (χ3v) is 5.44. The van der Waals surface area contributed by atoms with Gasteiger partial charge in [-0.1, -0.05) is 52.7 Å². The number of carbonyl (C=O) groups excluding carboxylic acids is 1. The number of nitrogens with zero attached hydrogens (tertiary/aromatic N) is 1. The number of unbranched alkanes of at least 4 members (excludes halogenated alkanes) is 2. The van der Waals surface area contributed by atoms with Crippen LogP contribution in [0.25, 0.3) is 0 Å². The quantitative estimate of drug-likeness (QED) is 0.681. The van der Waals surface area contributed by atoms with Crippen LogP contribution in [0.1, 0.15) is 62.9 Å². The van der Waals surface area contributed by atoms with E-state index in [9.17, 15) is 13.2 Å². The fourth-order valence-electron chi connectivity index (χ4n) is 2.50. The summed E-state index contributed by atoms with van der Waals surface area (Å²) in [5.74, 6) is -0.178. The molecule has 1 rings (SSSR count). The summed E-state index contributed by atoms with van der Waals surface area (Å²) in [5, 5.41) is 2.81. The van der Waals surface area contributed by atoms with E-state index in [-0.39, 0.29) is 11.3 Å². The Bertz CT molecular complexity index is 646. The van der Waals surface area contributed by atoms with Gasteiger partial charge in [0.05, 0.1) is 6.26 Å². The first-order valence-corrected chi connectivity index (χ1v) is 10.7. The van der Waals surface area contributed by atoms with Crippen molar-refractivity contribution in [3.05, 3.63) is 35.4 Å². The Hall–Kier alpha value is -1.40. The summed E-state index contributed by atoms with van der Waals surface area (Å²) < 4.78 is 25.1. The molecule has 5 nitrogen and oxygen atoms in total. The second-order valence-corrected chi connectivity index (χ2v) is 9.43. The average Bonchev–Trinajstić information content (AvgIpc) is 2.51. The molecule has 1 N–H and O–H groups in total. The fraction of sp³-hybridized carbons (Fsp3) is 0.632. The highest BCUT2D eigenvalue weighted by Gasteiger charge is 2.17. The van der Waals surface area contributed by atoms with Crippen molar-refractivity contribution >= 4 is 15.9 Å². The Balaban J connectivity index is 2.57. The minimum Gasteiger partial charge on any atom is -0.351 e. The molecule has 0 fully saturated rings. The van der Waals surface area contributed by atoms with Crippen molar-refractivity contribution < 1.29 is 13.2 Å². The minimum absolute atomic E-state index is 0.0451. The number of carbonyl (C=O) groups is 1. The van der Waals surface area contributed by atoms with Crippen molar-refractivity contribution in [1.82, 2.24) is 9.62 Å². The molecule has 6 heteroatoms. The van der Waals surface area contributed by atoms with E-state index < -0.39 is 10.0 Å². The molecule has 0 bridgehead atoms. The van der Waals surface area contributed by atoms with Gasteiger partial charge in [0.15, 0.2) is 0 Å². The first-order valence-electron chi connectivity index (χ1n) is 8.89. The van der Waals surface area contributed by atoms with Gasteiger partial charge in [-0.3, -0.25) is 4.79 Å². The molecule has 1 aromatic rings. The molecule has 0 aromatic heterocycles. The lowest BCUT2D eigenvalue weighted by Gasteiger charge is -2.20. The van der Waals surface area contributed by atoms with Crippen molar-refractivity contribution in [2.75, 3.05) is 25.9 Å². The normalized spacial score (nSPS) is 12.4. The van der Waals surface area contributed by atoms with Gasteiger partial charge in [0, 0.05) is 25.2 Å². The van der Waals surface area contributed by atoms with Gasteiger partial charge in [-0.25, -0.2) is 12.7 Å². The van der Waals surface area contributed by atoms with E-state index in [1.807, 2.05) is 24.3 Å². The molecule has 0 heterocycles. The summed E-state index contributed by atoms with van der Waals surface area (Å²) >= 11 is 0. The van der Waals surface area contributed by atoms with E-state index in [0.29, 0.717) is 25.2 Å². The van der Waals surface area contributed by atoms with Gasteiger partial charge in [-0.05, 0) is 29.5 Å². The molecule has 0 unspecified atom stereocenters. The van der Waals surface area contributed by atoms with Gasteiger partial charge in [0.1, 0.15) is 0 Å². The van der Waals surface area contributed by atoms with Crippen molar-refractivity contribution in [2.45, 2.75) is 52.4 Å². The predicted molar refractivity (Wildman–Crippen MR) is 103 cm³/mol. The van der Waals surface area contributed by atoms with Crippen molar-refractivity contribution in [3.63, 3.8) is 0 Å². The Morgan fingerprint density at radius 2 is 1.68 bits per heavy atom. The molecule has 0 aliphatic carbocycles. The highest BCUT2D eigenvalue weighted by Crippen LogP contribution is 2.22. The molecule has 0 aliphatic heterocycles. The van der Waals surface area contributed by atoms with Crippen LogP contribution in [0.4, 0.5) is 0 Å². The second kappa shape index (κ2) is 9.34. The van der Waals surface area contributed by atoms with Crippen LogP contribution in [0.2, 0.25) is 0 Å². The van der Waals surface area contributed by atoms with E-state index >= 15 is 0 Å². The molecule has 0 radical (unpaired) electrons. The maximum atomic E-state index is 12.2. The summed E-state index contributed by atoms with van der Waals surface area (Å²) in [6, 6.07) is 7.54. The summed E-state index contributed by atoms with van der Waals surface area (Å²) in [6.45, 7) is 9.56. The van der Waals surface area contributed by atoms with Gasteiger partial charge >= 0.3 is 0 Å². The molecule has 0 spiro atoms. The van der Waals surface area contributed by atoms with Crippen LogP contribution in [0.5, 0.6) is 0 Å². The topological polar surface area (TPSA) is 66.5 Å². The number of hydrogen-bond donors (Lipinski definition) is 1. The molecule has 0 atom stereocenters. The van der Waals surface area contributed by atoms with Crippen LogP contribution in [-0.4, -0.2) is 44.5 Å². The van der Waals surface area contributed by atoms with Crippen LogP contribution in [0.15, 0.2) is 24.3 Å². The van der Waals surface area contributed by atoms with E-state index in [4.69, 9.17) is 0 Å². The molecule has 0 saturated carbocycles. The monoisotopic (exact) mass is 368 g/mol. The van der Waals surface area contributed by atoms with Crippen LogP contribution in [0, 0.1) is 0 Å². The third kappa shape index (κ3) is 7.57. The molecule has 1 amide bonds. The number of amides is 1. The summed E-state index contributed by atoms with van der Waals surface area (Å²) in [7, 11) is -3.25. The Kier molecular flexibility index (Phi) is 8.09. The van der Waals surface area contributed by atoms with E-state index in [2.05, 4.69) is 33.0 Å². The fourth-order valence-corrected chi connectivity index (χ4v) is 3.38. The zero-order chi connectivity index (χ0) is 19.1. The number of sulfonamides is 1. The predicted octanol–water partition coefficient (Wildman–Crippen LogP) is 3.17. The number of nitrogens with one attached hydrogen (secondary N) is 1. The van der Waals surface area contributed by atoms with Gasteiger partial charge in [-0.2, -0.15) is 0 Å². The Labute approximate surface area is 152 Å². The van der Waals surface area contributed by atoms with E-state index in [0.717, 1.165) is 19.3 Å². The van der Waals surface area contributed by atoms with Crippen LogP contribution in [-0.2, 0) is 15.4 Å². The lowest BCUT2D eigenvalue weighted by Crippen LogP contribution is -2.38. The number of rotatable bonds is 9. The Morgan fingerprint density at radius 1 is 1.08 bits per heavy atom. The van der Waals surface area contributed by atoms with Crippen molar-refractivity contribution in [3.8, 4) is 0 Å². The standard InChI is InChI=1S/C19H32N2O3S/c1-6-7-8-14-21(25(5,23)24)15-13-20-18(22)16-9-11-17(12-10-16)19(2,3)4/h9-12H,6-8,13-15H2,1-5H3,(H,20,22). The molecule has 142 valence electrons. The molecular formula is C19H32N2O3S. The third-order valence-electron chi connectivity index (χ3n) is 4.14. The van der Waals surface area contributed by atoms with Crippen molar-refractivity contribution in [2.24, 2.45) is 0 Å². The largest absolute Gasteiger partial charge is 0.351 e. The highest BCUT2D eigenvalue weighted by atomic mass is 32.2. The number of benzene rings is 1. The second-order valence-electron chi connectivity index (χ2n) is 7.45. The average molecular weight is 369 g/mol. The van der Waals surface area contributed by atoms with Crippen LogP contribution in [0.3, 0.4) is 0 Å². The zero-order valence-electron chi connectivity index (χ0n) is 16.1. The summed E-state index contributed by atoms with van der Waals surface area (Å²) in [4.78, 5) is 12.2. The summed E-state index contributed by atoms with van der Waals surface area (Å²) in [5.41, 5.74) is 1.80. The van der Waals surface area contributed by atoms with Gasteiger partial charge in [0.2, 0.25) is 10.0 Å². The maximum absolute atomic E-state index is 12.2. The smallest absolute Gasteiger partial charge is 0.251 e. The molecular weight excluding hydrogens is 336 g/mol. The number of hydrogen-bond acceptors (Lipinski definition) is 3. The van der Waals surface area contributed by atoms with Gasteiger partial charge < -0.3 is 5.32 Å². The van der Waals surface area contributed by atoms with Crippen molar-refractivity contribution in [1.29, 1.82) is 0 Å². The molecule has 25 heavy (non-hydrogen) atoms. The SMILES string of the molecule is CCCCCN(CCNC(=O)c1ccc(C(C)(C)C)cc1)S(C)(=O)=O. The van der Waals surface area contributed by atoms with Gasteiger partial charge in [-0.15, -0.1) is 0 Å². The zero-order valence-corrected chi connectivity index (χ0v) is 16.9. The Morgan fingerprint density at radius 3 is 2.16 bits per heavy atom. The lowest BCUT2D eigenvalue weighted by molar-refractivity contribution is 0.0951. The minimum atomic E-state index is -3.25. The van der Waals surface area contributed by atoms with Gasteiger partial charge in [0.25, 0.3) is 5.91 Å². The summed E-state index contributed by atoms with van der Waals surface area (Å²) in [6.07, 6.45) is 4.09. The molecule has 1 aromatic carbocycles. The van der Waals surface area contributed by atoms with E-state index in [1.165, 1.54) is 16.1 Å². The molecule has 0 aliphatic rings. The lowest BCUT2D eigenvalue weighted by atomic mass is 9.87. The first-order chi connectivity index (χ1) is 11.6. The molecule has 0 saturated heterocycles. The van der Waals surface area contributed by atoms with Crippen LogP contribution >= 0.6 is 0 Å². The maximum Gasteiger partial charge on any atom is 0.251 e. The first kappa shape index (κ1) is 21.6. The van der Waals surface area contributed by atoms with Crippen LogP contribution < -0.4 is 5.32 Å². The highest BCUT2D eigenvalue weighted by molar-refractivity contribution is 7.88. The van der Waals surface area contributed by atoms with E-state index in [1.54, 1.807) is 0 Å².